The molecule has 2 heterocycles. The predicted molar refractivity (Wildman–Crippen MR) is 96.5 cm³/mol. The van der Waals surface area contributed by atoms with E-state index in [1.54, 1.807) is 18.2 Å². The van der Waals surface area contributed by atoms with Gasteiger partial charge in [0.15, 0.2) is 0 Å². The second kappa shape index (κ2) is 6.88. The third-order valence-electron chi connectivity index (χ3n) is 5.00. The van der Waals surface area contributed by atoms with E-state index in [9.17, 15) is 4.39 Å². The molecule has 1 aliphatic carbocycles. The molecule has 3 N–H and O–H groups in total. The Kier molecular flexibility index (Phi) is 4.44. The van der Waals surface area contributed by atoms with E-state index in [2.05, 4.69) is 15.3 Å². The monoisotopic (exact) mass is 339 g/mol. The molecule has 1 aromatic heterocycles. The molecule has 0 bridgehead atoms. The number of rotatable bonds is 3. The fourth-order valence-corrected chi connectivity index (χ4v) is 3.56. The van der Waals surface area contributed by atoms with Gasteiger partial charge in [0, 0.05) is 12.5 Å². The number of aliphatic imine (C=N–C) groups is 1. The third kappa shape index (κ3) is 3.69. The van der Waals surface area contributed by atoms with E-state index in [1.165, 1.54) is 6.07 Å². The van der Waals surface area contributed by atoms with Crippen LogP contribution in [0.1, 0.15) is 37.2 Å². The van der Waals surface area contributed by atoms with Crippen LogP contribution in [0.5, 0.6) is 0 Å². The van der Waals surface area contributed by atoms with Crippen LogP contribution in [-0.2, 0) is 12.8 Å². The molecule has 5 nitrogen and oxygen atoms in total. The predicted octanol–water partition coefficient (Wildman–Crippen LogP) is 3.37. The number of hydrogen-bond acceptors (Lipinski definition) is 4. The lowest BCUT2D eigenvalue weighted by atomic mass is 9.84. The topological polar surface area (TPSA) is 76.2 Å². The molecule has 0 radical (unpaired) electrons. The van der Waals surface area contributed by atoms with Crippen LogP contribution in [-0.4, -0.2) is 21.8 Å². The summed E-state index contributed by atoms with van der Waals surface area (Å²) in [5, 5.41) is 3.19. The average molecular weight is 339 g/mol. The van der Waals surface area contributed by atoms with Crippen molar-refractivity contribution in [2.75, 3.05) is 5.32 Å². The van der Waals surface area contributed by atoms with Crippen molar-refractivity contribution in [3.63, 3.8) is 0 Å². The normalized spacial score (nSPS) is 24.2. The van der Waals surface area contributed by atoms with Gasteiger partial charge in [-0.25, -0.2) is 19.4 Å². The highest BCUT2D eigenvalue weighted by Crippen LogP contribution is 2.28. The Morgan fingerprint density at radius 3 is 2.80 bits per heavy atom. The highest BCUT2D eigenvalue weighted by molar-refractivity contribution is 6.03. The Morgan fingerprint density at radius 1 is 1.20 bits per heavy atom. The average Bonchev–Trinajstić information content (AvgIpc) is 3.01. The third-order valence-corrected chi connectivity index (χ3v) is 5.00. The lowest BCUT2D eigenvalue weighted by Gasteiger charge is -2.25. The maximum atomic E-state index is 13.8. The number of fused-ring (bicyclic) bond motifs is 1. The van der Waals surface area contributed by atoms with Gasteiger partial charge >= 0.3 is 0 Å². The fraction of sp³-hybridized carbons (Fsp3) is 0.421. The van der Waals surface area contributed by atoms with Gasteiger partial charge < -0.3 is 11.1 Å². The Bertz CT molecular complexity index is 796. The van der Waals surface area contributed by atoms with Crippen molar-refractivity contribution >= 4 is 17.2 Å². The van der Waals surface area contributed by atoms with Crippen LogP contribution in [0.2, 0.25) is 0 Å². The molecule has 0 saturated heterocycles. The molecule has 25 heavy (non-hydrogen) atoms. The number of nitrogens with zero attached hydrogens (tertiary/aromatic N) is 3. The number of amidine groups is 1. The summed E-state index contributed by atoms with van der Waals surface area (Å²) in [5.74, 6) is 1.89. The number of hydrogen-bond donors (Lipinski definition) is 2. The first kappa shape index (κ1) is 16.1. The maximum Gasteiger partial charge on any atom is 0.148 e. The molecule has 0 amide bonds. The molecular weight excluding hydrogens is 317 g/mol. The summed E-state index contributed by atoms with van der Waals surface area (Å²) in [6.07, 6.45) is 7.79. The minimum atomic E-state index is -0.324. The van der Waals surface area contributed by atoms with Crippen LogP contribution >= 0.6 is 0 Å². The number of aromatic nitrogens is 2. The molecule has 4 rings (SSSR count). The van der Waals surface area contributed by atoms with Crippen molar-refractivity contribution in [1.29, 1.82) is 0 Å². The smallest absolute Gasteiger partial charge is 0.148 e. The number of nitrogens with one attached hydrogen (secondary N) is 1. The van der Waals surface area contributed by atoms with Gasteiger partial charge in [-0.05, 0) is 43.7 Å². The number of para-hydroxylation sites is 1. The lowest BCUT2D eigenvalue weighted by molar-refractivity contribution is 0.321. The molecule has 1 aliphatic heterocycles. The van der Waals surface area contributed by atoms with Gasteiger partial charge in [0.25, 0.3) is 0 Å². The molecule has 1 fully saturated rings. The van der Waals surface area contributed by atoms with Crippen molar-refractivity contribution in [1.82, 2.24) is 9.97 Å². The highest BCUT2D eigenvalue weighted by Gasteiger charge is 2.22. The van der Waals surface area contributed by atoms with Gasteiger partial charge in [-0.3, -0.25) is 0 Å². The van der Waals surface area contributed by atoms with Crippen LogP contribution in [0, 0.1) is 11.7 Å². The van der Waals surface area contributed by atoms with Crippen molar-refractivity contribution < 1.29 is 4.39 Å². The molecule has 1 saturated carbocycles. The SMILES string of the molecule is NC1CCC(Cc2ncc3c(n2)CC(=Nc2ccccc2F)N3)CC1. The Balaban J connectivity index is 1.46. The summed E-state index contributed by atoms with van der Waals surface area (Å²) < 4.78 is 13.8. The lowest BCUT2D eigenvalue weighted by Crippen LogP contribution is -2.27. The van der Waals surface area contributed by atoms with Gasteiger partial charge in [-0.1, -0.05) is 12.1 Å². The molecular formula is C19H22FN5. The first-order valence-corrected chi connectivity index (χ1v) is 8.87. The minimum Gasteiger partial charge on any atom is -0.341 e. The Hall–Kier alpha value is -2.34. The van der Waals surface area contributed by atoms with E-state index in [-0.39, 0.29) is 5.82 Å². The van der Waals surface area contributed by atoms with E-state index in [4.69, 9.17) is 10.7 Å². The van der Waals surface area contributed by atoms with Crippen molar-refractivity contribution in [2.45, 2.75) is 44.6 Å². The quantitative estimate of drug-likeness (QED) is 0.899. The first-order valence-electron chi connectivity index (χ1n) is 8.87. The number of halogens is 1. The van der Waals surface area contributed by atoms with Gasteiger partial charge in [-0.2, -0.15) is 0 Å². The fourth-order valence-electron chi connectivity index (χ4n) is 3.56. The molecule has 0 spiro atoms. The van der Waals surface area contributed by atoms with Crippen LogP contribution in [0.3, 0.4) is 0 Å². The van der Waals surface area contributed by atoms with Crippen LogP contribution in [0.25, 0.3) is 0 Å². The Labute approximate surface area is 146 Å². The maximum absolute atomic E-state index is 13.8. The van der Waals surface area contributed by atoms with Gasteiger partial charge in [-0.15, -0.1) is 0 Å². The second-order valence-corrected chi connectivity index (χ2v) is 6.94. The summed E-state index contributed by atoms with van der Waals surface area (Å²) >= 11 is 0. The number of nitrogens with two attached hydrogens (primary N) is 1. The van der Waals surface area contributed by atoms with E-state index < -0.39 is 0 Å². The van der Waals surface area contributed by atoms with Crippen LogP contribution in [0.15, 0.2) is 35.5 Å². The zero-order valence-corrected chi connectivity index (χ0v) is 14.1. The zero-order valence-electron chi connectivity index (χ0n) is 14.1. The van der Waals surface area contributed by atoms with E-state index in [0.29, 0.717) is 29.9 Å². The molecule has 0 atom stereocenters. The van der Waals surface area contributed by atoms with E-state index in [1.807, 2.05) is 6.20 Å². The summed E-state index contributed by atoms with van der Waals surface area (Å²) in [7, 11) is 0. The molecule has 2 aliphatic rings. The van der Waals surface area contributed by atoms with Gasteiger partial charge in [0.1, 0.15) is 23.2 Å². The molecule has 6 heteroatoms. The van der Waals surface area contributed by atoms with Crippen LogP contribution < -0.4 is 11.1 Å². The van der Waals surface area contributed by atoms with Gasteiger partial charge in [0.05, 0.1) is 24.0 Å². The van der Waals surface area contributed by atoms with Crippen molar-refractivity contribution in [2.24, 2.45) is 16.6 Å². The summed E-state index contributed by atoms with van der Waals surface area (Å²) in [4.78, 5) is 13.6. The summed E-state index contributed by atoms with van der Waals surface area (Å²) in [6, 6.07) is 6.87. The van der Waals surface area contributed by atoms with E-state index in [0.717, 1.165) is 49.3 Å². The number of anilines is 1. The standard InChI is InChI=1S/C19H22FN5/c20-14-3-1-2-4-15(14)23-19-10-16-17(25-19)11-22-18(24-16)9-12-5-7-13(21)8-6-12/h1-4,11-13H,5-10,21H2,(H,23,25). The zero-order chi connectivity index (χ0) is 17.2. The highest BCUT2D eigenvalue weighted by atomic mass is 19.1. The second-order valence-electron chi connectivity index (χ2n) is 6.94. The number of benzene rings is 1. The van der Waals surface area contributed by atoms with Crippen molar-refractivity contribution in [3.8, 4) is 0 Å². The minimum absolute atomic E-state index is 0.324. The van der Waals surface area contributed by atoms with Gasteiger partial charge in [0.2, 0.25) is 0 Å². The van der Waals surface area contributed by atoms with Crippen LogP contribution in [0.4, 0.5) is 15.8 Å². The van der Waals surface area contributed by atoms with Crippen molar-refractivity contribution in [3.05, 3.63) is 47.8 Å². The molecule has 0 unspecified atom stereocenters. The summed E-state index contributed by atoms with van der Waals surface area (Å²) in [5.41, 5.74) is 8.11. The molecule has 2 aromatic rings. The Morgan fingerprint density at radius 2 is 2.00 bits per heavy atom. The molecule has 130 valence electrons. The molecule has 1 aromatic carbocycles. The first-order chi connectivity index (χ1) is 12.2. The summed E-state index contributed by atoms with van der Waals surface area (Å²) in [6.45, 7) is 0. The largest absolute Gasteiger partial charge is 0.341 e. The van der Waals surface area contributed by atoms with E-state index >= 15 is 0 Å².